The fraction of sp³-hybridized carbons (Fsp3) is 0.417. The maximum absolute atomic E-state index is 10.9. The Balaban J connectivity index is 0.00000225. The van der Waals surface area contributed by atoms with Crippen LogP contribution in [0.4, 0.5) is 0 Å². The normalized spacial score (nSPS) is 11.6. The van der Waals surface area contributed by atoms with Gasteiger partial charge < -0.3 is 10.2 Å². The molecule has 0 radical (unpaired) electrons. The van der Waals surface area contributed by atoms with Crippen LogP contribution in [0.5, 0.6) is 0 Å². The molecule has 1 rings (SSSR count). The molecule has 3 nitrogen and oxygen atoms in total. The number of hydrogen-bond donors (Lipinski definition) is 2. The Hall–Kier alpha value is -0.350. The van der Waals surface area contributed by atoms with Crippen molar-refractivity contribution >= 4 is 35.5 Å². The molecule has 4 heteroatoms. The first-order chi connectivity index (χ1) is 7.16. The summed E-state index contributed by atoms with van der Waals surface area (Å²) in [6, 6.07) is 6.60. The average molecular weight is 232 g/mol. The van der Waals surface area contributed by atoms with E-state index in [2.05, 4.69) is 0 Å². The molecule has 0 aliphatic carbocycles. The van der Waals surface area contributed by atoms with E-state index in [-0.39, 0.29) is 35.1 Å². The summed E-state index contributed by atoms with van der Waals surface area (Å²) in [6.45, 7) is 2.04. The Morgan fingerprint density at radius 3 is 2.56 bits per heavy atom. The number of aliphatic hydroxyl groups excluding tert-OH is 1. The fourth-order valence-corrected chi connectivity index (χ4v) is 1.54. The molecule has 84 valence electrons. The van der Waals surface area contributed by atoms with Crippen molar-refractivity contribution in [1.82, 2.24) is 0 Å². The second-order valence-electron chi connectivity index (χ2n) is 3.55. The van der Waals surface area contributed by atoms with E-state index in [1.807, 2.05) is 6.92 Å². The van der Waals surface area contributed by atoms with Crippen molar-refractivity contribution in [3.8, 4) is 0 Å². The van der Waals surface area contributed by atoms with E-state index in [4.69, 9.17) is 5.11 Å². The first kappa shape index (κ1) is 15.7. The number of carboxylic acids is 1. The van der Waals surface area contributed by atoms with E-state index < -0.39 is 12.1 Å². The molecule has 1 aromatic rings. The number of carboxylic acid groups (broad SMARTS) is 1. The summed E-state index contributed by atoms with van der Waals surface area (Å²) in [5.74, 6) is -0.985. The second kappa shape index (κ2) is 7.85. The number of aromatic carboxylic acids is 1. The first-order valence-corrected chi connectivity index (χ1v) is 5.17. The quantitative estimate of drug-likeness (QED) is 0.763. The summed E-state index contributed by atoms with van der Waals surface area (Å²) in [6.07, 6.45) is 1.83. The molecular formula is C12H17NaO3. The molecule has 0 amide bonds. The summed E-state index contributed by atoms with van der Waals surface area (Å²) in [5, 5.41) is 18.7. The van der Waals surface area contributed by atoms with Crippen molar-refractivity contribution in [3.05, 3.63) is 35.4 Å². The molecule has 0 aliphatic heterocycles. The van der Waals surface area contributed by atoms with Crippen LogP contribution < -0.4 is 0 Å². The van der Waals surface area contributed by atoms with E-state index in [1.54, 1.807) is 18.2 Å². The summed E-state index contributed by atoms with van der Waals surface area (Å²) in [4.78, 5) is 10.9. The van der Waals surface area contributed by atoms with E-state index in [1.165, 1.54) is 6.07 Å². The molecule has 0 saturated carbocycles. The Bertz CT molecular complexity index is 339. The summed E-state index contributed by atoms with van der Waals surface area (Å²) in [7, 11) is 0. The number of unbranched alkanes of at least 4 members (excludes halogenated alkanes) is 1. The van der Waals surface area contributed by atoms with E-state index in [0.29, 0.717) is 12.0 Å². The Morgan fingerprint density at radius 1 is 1.38 bits per heavy atom. The predicted octanol–water partition coefficient (Wildman–Crippen LogP) is 1.96. The third kappa shape index (κ3) is 4.26. The van der Waals surface area contributed by atoms with Crippen LogP contribution >= 0.6 is 0 Å². The van der Waals surface area contributed by atoms with Crippen LogP contribution in [-0.2, 0) is 0 Å². The van der Waals surface area contributed by atoms with Gasteiger partial charge in [0.25, 0.3) is 0 Å². The van der Waals surface area contributed by atoms with E-state index in [9.17, 15) is 9.90 Å². The van der Waals surface area contributed by atoms with Crippen molar-refractivity contribution in [2.45, 2.75) is 32.3 Å². The van der Waals surface area contributed by atoms with Gasteiger partial charge in [-0.2, -0.15) is 0 Å². The minimum absolute atomic E-state index is 0. The average Bonchev–Trinajstić information content (AvgIpc) is 2.25. The molecular weight excluding hydrogens is 215 g/mol. The summed E-state index contributed by atoms with van der Waals surface area (Å²) < 4.78 is 0. The van der Waals surface area contributed by atoms with Crippen molar-refractivity contribution in [1.29, 1.82) is 0 Å². The van der Waals surface area contributed by atoms with Crippen LogP contribution in [0.15, 0.2) is 24.3 Å². The molecule has 1 atom stereocenters. The van der Waals surface area contributed by atoms with Gasteiger partial charge in [0.15, 0.2) is 0 Å². The van der Waals surface area contributed by atoms with Crippen molar-refractivity contribution < 1.29 is 15.0 Å². The SMILES string of the molecule is CCCCC(O)c1ccccc1C(=O)O.[NaH]. The number of benzene rings is 1. The van der Waals surface area contributed by atoms with Crippen LogP contribution in [0.1, 0.15) is 48.2 Å². The Kier molecular flexibility index (Phi) is 7.68. The van der Waals surface area contributed by atoms with Gasteiger partial charge in [-0.15, -0.1) is 0 Å². The van der Waals surface area contributed by atoms with Gasteiger partial charge in [-0.25, -0.2) is 4.79 Å². The van der Waals surface area contributed by atoms with Crippen LogP contribution in [0, 0.1) is 0 Å². The molecule has 1 unspecified atom stereocenters. The molecule has 0 bridgehead atoms. The van der Waals surface area contributed by atoms with Gasteiger partial charge >= 0.3 is 35.5 Å². The van der Waals surface area contributed by atoms with Gasteiger partial charge in [-0.3, -0.25) is 0 Å². The minimum atomic E-state index is -0.985. The Labute approximate surface area is 118 Å². The van der Waals surface area contributed by atoms with Crippen molar-refractivity contribution in [2.24, 2.45) is 0 Å². The number of aliphatic hydroxyl groups is 1. The molecule has 16 heavy (non-hydrogen) atoms. The van der Waals surface area contributed by atoms with Gasteiger partial charge in [0.2, 0.25) is 0 Å². The molecule has 0 heterocycles. The number of hydrogen-bond acceptors (Lipinski definition) is 2. The van der Waals surface area contributed by atoms with Crippen LogP contribution in [-0.4, -0.2) is 45.7 Å². The van der Waals surface area contributed by atoms with Gasteiger partial charge in [-0.05, 0) is 18.1 Å². The number of carbonyl (C=O) groups is 1. The van der Waals surface area contributed by atoms with Crippen LogP contribution in [0.25, 0.3) is 0 Å². The molecule has 0 spiro atoms. The molecule has 0 saturated heterocycles. The standard InChI is InChI=1S/C12H16O3.Na.H/c1-2-3-8-11(13)9-6-4-5-7-10(9)12(14)15;;/h4-7,11,13H,2-3,8H2,1H3,(H,14,15);;. The Morgan fingerprint density at radius 2 is 2.00 bits per heavy atom. The zero-order valence-electron chi connectivity index (χ0n) is 8.81. The van der Waals surface area contributed by atoms with Crippen LogP contribution in [0.2, 0.25) is 0 Å². The van der Waals surface area contributed by atoms with Crippen molar-refractivity contribution in [3.63, 3.8) is 0 Å². The summed E-state index contributed by atoms with van der Waals surface area (Å²) in [5.41, 5.74) is 0.708. The molecule has 1 aromatic carbocycles. The van der Waals surface area contributed by atoms with E-state index >= 15 is 0 Å². The molecule has 0 fully saturated rings. The molecule has 2 N–H and O–H groups in total. The molecule has 0 aromatic heterocycles. The monoisotopic (exact) mass is 232 g/mol. The maximum atomic E-state index is 10.9. The van der Waals surface area contributed by atoms with Gasteiger partial charge in [0.05, 0.1) is 11.7 Å². The van der Waals surface area contributed by atoms with Gasteiger partial charge in [-0.1, -0.05) is 38.0 Å². The zero-order chi connectivity index (χ0) is 11.3. The second-order valence-corrected chi connectivity index (χ2v) is 3.55. The van der Waals surface area contributed by atoms with Crippen LogP contribution in [0.3, 0.4) is 0 Å². The third-order valence-corrected chi connectivity index (χ3v) is 2.38. The van der Waals surface area contributed by atoms with E-state index in [0.717, 1.165) is 12.8 Å². The third-order valence-electron chi connectivity index (χ3n) is 2.38. The van der Waals surface area contributed by atoms with Gasteiger partial charge in [0.1, 0.15) is 0 Å². The fourth-order valence-electron chi connectivity index (χ4n) is 1.54. The molecule has 0 aliphatic rings. The zero-order valence-corrected chi connectivity index (χ0v) is 8.81. The topological polar surface area (TPSA) is 57.5 Å². The number of rotatable bonds is 5. The first-order valence-electron chi connectivity index (χ1n) is 5.17. The predicted molar refractivity (Wildman–Crippen MR) is 65.0 cm³/mol. The summed E-state index contributed by atoms with van der Waals surface area (Å²) >= 11 is 0. The van der Waals surface area contributed by atoms with Crippen molar-refractivity contribution in [2.75, 3.05) is 0 Å². The van der Waals surface area contributed by atoms with Gasteiger partial charge in [0, 0.05) is 0 Å².